The second-order valence-corrected chi connectivity index (χ2v) is 11.7. The van der Waals surface area contributed by atoms with Crippen LogP contribution in [0.5, 0.6) is 11.5 Å². The zero-order valence-electron chi connectivity index (χ0n) is 25.4. The maximum atomic E-state index is 12.9. The summed E-state index contributed by atoms with van der Waals surface area (Å²) in [6.07, 6.45) is 8.21. The van der Waals surface area contributed by atoms with Crippen molar-refractivity contribution in [1.82, 2.24) is 14.9 Å². The molecule has 42 heavy (non-hydrogen) atoms. The van der Waals surface area contributed by atoms with E-state index in [1.807, 2.05) is 26.0 Å². The van der Waals surface area contributed by atoms with Gasteiger partial charge in [-0.05, 0) is 68.5 Å². The lowest BCUT2D eigenvalue weighted by molar-refractivity contribution is -0.176. The maximum Gasteiger partial charge on any atom is 0.308 e. The number of rotatable bonds is 12. The number of fused-ring (bicyclic) bond motifs is 3. The summed E-state index contributed by atoms with van der Waals surface area (Å²) in [6, 6.07) is 14.5. The van der Waals surface area contributed by atoms with Gasteiger partial charge in [0.2, 0.25) is 0 Å². The van der Waals surface area contributed by atoms with E-state index >= 15 is 0 Å². The fraction of sp³-hybridized carbons (Fsp3) is 0.515. The molecule has 230 valence electrons. The number of ether oxygens (including phenoxy) is 3. The van der Waals surface area contributed by atoms with Gasteiger partial charge in [-0.2, -0.15) is 0 Å². The Kier molecular flexibility index (Phi) is 11.8. The van der Waals surface area contributed by atoms with Crippen LogP contribution in [-0.4, -0.2) is 60.8 Å². The standard InChI is InChI=1S/C33H43N3O4.2ClH/c1-22(2)32(37)40-33(21-24-13-14-25(33)20-26(24)23-10-7-6-8-11-23)17-19-36(3)18-9-12-29-34-30-27(38-4)15-16-28(39-5)31(30)35-29;;/h6-8,10-11,15-16,20,22,24-25H,9,12-14,17-19,21H2,1-5H3,(H,34,35);2*1H/t24-,25-,33+;;/m1../s1. The van der Waals surface area contributed by atoms with Gasteiger partial charge in [0, 0.05) is 25.3 Å². The number of methoxy groups -OCH3 is 2. The van der Waals surface area contributed by atoms with Crippen molar-refractivity contribution in [3.05, 3.63) is 59.9 Å². The second-order valence-electron chi connectivity index (χ2n) is 11.7. The molecular weight excluding hydrogens is 573 g/mol. The molecule has 1 fully saturated rings. The van der Waals surface area contributed by atoms with Crippen LogP contribution in [0, 0.1) is 17.8 Å². The number of carbonyl (C=O) groups excluding carboxylic acids is 1. The summed E-state index contributed by atoms with van der Waals surface area (Å²) in [5.74, 6) is 2.90. The minimum Gasteiger partial charge on any atom is -0.494 e. The predicted octanol–water partition coefficient (Wildman–Crippen LogP) is 7.13. The molecule has 3 aliphatic rings. The van der Waals surface area contributed by atoms with E-state index in [0.717, 1.165) is 80.0 Å². The lowest BCUT2D eigenvalue weighted by Crippen LogP contribution is -2.51. The van der Waals surface area contributed by atoms with Crippen molar-refractivity contribution in [3.63, 3.8) is 0 Å². The fourth-order valence-corrected chi connectivity index (χ4v) is 6.46. The highest BCUT2D eigenvalue weighted by atomic mass is 35.5. The third kappa shape index (κ3) is 7.07. The van der Waals surface area contributed by atoms with Crippen LogP contribution in [0.1, 0.15) is 57.3 Å². The van der Waals surface area contributed by atoms with Crippen LogP contribution in [0.15, 0.2) is 48.5 Å². The van der Waals surface area contributed by atoms with Crippen molar-refractivity contribution >= 4 is 47.4 Å². The molecule has 2 aromatic carbocycles. The number of H-pyrrole nitrogens is 1. The Morgan fingerprint density at radius 1 is 1.05 bits per heavy atom. The average molecular weight is 619 g/mol. The van der Waals surface area contributed by atoms with Gasteiger partial charge in [0.25, 0.3) is 0 Å². The number of halogens is 2. The summed E-state index contributed by atoms with van der Waals surface area (Å²) >= 11 is 0. The van der Waals surface area contributed by atoms with Gasteiger partial charge in [0.15, 0.2) is 0 Å². The summed E-state index contributed by atoms with van der Waals surface area (Å²) in [5, 5.41) is 0. The van der Waals surface area contributed by atoms with E-state index in [0.29, 0.717) is 5.92 Å². The molecule has 1 N–H and O–H groups in total. The third-order valence-electron chi connectivity index (χ3n) is 8.73. The first-order valence-corrected chi connectivity index (χ1v) is 14.6. The Hall–Kier alpha value is -2.74. The number of imidazole rings is 1. The number of hydrogen-bond donors (Lipinski definition) is 1. The molecule has 0 unspecified atom stereocenters. The van der Waals surface area contributed by atoms with E-state index in [4.69, 9.17) is 19.2 Å². The lowest BCUT2D eigenvalue weighted by Gasteiger charge is -2.50. The Bertz CT molecular complexity index is 1320. The molecule has 0 aliphatic heterocycles. The van der Waals surface area contributed by atoms with E-state index in [2.05, 4.69) is 53.3 Å². The number of benzene rings is 2. The van der Waals surface area contributed by atoms with Gasteiger partial charge in [-0.1, -0.05) is 50.3 Å². The van der Waals surface area contributed by atoms with Gasteiger partial charge in [0.05, 0.1) is 20.1 Å². The lowest BCUT2D eigenvalue weighted by atomic mass is 9.60. The molecule has 7 nitrogen and oxygen atoms in total. The summed E-state index contributed by atoms with van der Waals surface area (Å²) in [6.45, 7) is 5.67. The summed E-state index contributed by atoms with van der Waals surface area (Å²) in [7, 11) is 5.49. The van der Waals surface area contributed by atoms with Gasteiger partial charge in [-0.15, -0.1) is 24.8 Å². The first-order valence-electron chi connectivity index (χ1n) is 14.6. The highest BCUT2D eigenvalue weighted by Crippen LogP contribution is 2.53. The van der Waals surface area contributed by atoms with Gasteiger partial charge in [-0.3, -0.25) is 4.79 Å². The Morgan fingerprint density at radius 3 is 2.40 bits per heavy atom. The second kappa shape index (κ2) is 14.6. The minimum absolute atomic E-state index is 0. The molecule has 9 heteroatoms. The molecule has 6 rings (SSSR count). The number of nitrogens with zero attached hydrogens (tertiary/aromatic N) is 2. The minimum atomic E-state index is -0.428. The predicted molar refractivity (Wildman–Crippen MR) is 173 cm³/mol. The summed E-state index contributed by atoms with van der Waals surface area (Å²) in [5.41, 5.74) is 3.98. The van der Waals surface area contributed by atoms with Crippen LogP contribution >= 0.6 is 24.8 Å². The summed E-state index contributed by atoms with van der Waals surface area (Å²) in [4.78, 5) is 23.5. The monoisotopic (exact) mass is 617 g/mol. The molecule has 1 heterocycles. The number of esters is 1. The van der Waals surface area contributed by atoms with Crippen LogP contribution in [0.4, 0.5) is 0 Å². The highest BCUT2D eigenvalue weighted by Gasteiger charge is 2.50. The SMILES string of the molecule is COc1ccc(OC)c2[nH]c(CCCN(C)CC[C@]3(OC(=O)C(C)C)C[C@H]4CC[C@@H]3C=C4c3ccccc3)nc12.Cl.Cl. The molecule has 3 aromatic rings. The van der Waals surface area contributed by atoms with Gasteiger partial charge in [0.1, 0.15) is 34.0 Å². The van der Waals surface area contributed by atoms with Crippen LogP contribution in [-0.2, 0) is 16.0 Å². The third-order valence-corrected chi connectivity index (χ3v) is 8.73. The zero-order chi connectivity index (χ0) is 28.3. The molecule has 2 bridgehead atoms. The van der Waals surface area contributed by atoms with E-state index < -0.39 is 5.60 Å². The maximum absolute atomic E-state index is 12.9. The normalized spacial score (nSPS) is 21.1. The number of allylic oxidation sites excluding steroid dienone is 1. The van der Waals surface area contributed by atoms with Crippen molar-refractivity contribution in [2.45, 2.75) is 58.0 Å². The number of hydrogen-bond acceptors (Lipinski definition) is 6. The molecule has 3 atom stereocenters. The van der Waals surface area contributed by atoms with Crippen molar-refractivity contribution < 1.29 is 19.0 Å². The Labute approximate surface area is 262 Å². The first-order chi connectivity index (χ1) is 19.3. The van der Waals surface area contributed by atoms with Crippen molar-refractivity contribution in [2.75, 3.05) is 34.4 Å². The summed E-state index contributed by atoms with van der Waals surface area (Å²) < 4.78 is 17.4. The van der Waals surface area contributed by atoms with Crippen LogP contribution in [0.2, 0.25) is 0 Å². The topological polar surface area (TPSA) is 76.7 Å². The molecule has 3 aliphatic carbocycles. The Morgan fingerprint density at radius 2 is 1.76 bits per heavy atom. The first kappa shape index (κ1) is 33.8. The molecule has 1 aromatic heterocycles. The van der Waals surface area contributed by atoms with E-state index in [-0.39, 0.29) is 42.6 Å². The molecule has 0 amide bonds. The Balaban J connectivity index is 0.00000242. The molecular formula is C33H45Cl2N3O4. The van der Waals surface area contributed by atoms with Crippen molar-refractivity contribution in [2.24, 2.45) is 17.8 Å². The van der Waals surface area contributed by atoms with Crippen molar-refractivity contribution in [1.29, 1.82) is 0 Å². The highest BCUT2D eigenvalue weighted by molar-refractivity contribution is 5.87. The quantitative estimate of drug-likeness (QED) is 0.218. The van der Waals surface area contributed by atoms with E-state index in [1.165, 1.54) is 11.1 Å². The molecule has 0 radical (unpaired) electrons. The number of nitrogens with one attached hydrogen (secondary N) is 1. The van der Waals surface area contributed by atoms with Gasteiger partial charge >= 0.3 is 5.97 Å². The number of aromatic nitrogens is 2. The van der Waals surface area contributed by atoms with E-state index in [9.17, 15) is 4.79 Å². The molecule has 1 saturated carbocycles. The molecule has 0 saturated heterocycles. The van der Waals surface area contributed by atoms with E-state index in [1.54, 1.807) is 14.2 Å². The number of carbonyl (C=O) groups is 1. The molecule has 0 spiro atoms. The van der Waals surface area contributed by atoms with Crippen LogP contribution in [0.25, 0.3) is 16.6 Å². The number of aromatic amines is 1. The van der Waals surface area contributed by atoms with Crippen molar-refractivity contribution in [3.8, 4) is 11.5 Å². The smallest absolute Gasteiger partial charge is 0.308 e. The van der Waals surface area contributed by atoms with Crippen LogP contribution in [0.3, 0.4) is 0 Å². The fourth-order valence-electron chi connectivity index (χ4n) is 6.46. The van der Waals surface area contributed by atoms with Gasteiger partial charge in [-0.25, -0.2) is 4.98 Å². The zero-order valence-corrected chi connectivity index (χ0v) is 27.0. The number of aryl methyl sites for hydroxylation is 1. The largest absolute Gasteiger partial charge is 0.494 e. The average Bonchev–Trinajstić information content (AvgIpc) is 3.40. The van der Waals surface area contributed by atoms with Crippen LogP contribution < -0.4 is 9.47 Å². The van der Waals surface area contributed by atoms with Gasteiger partial charge < -0.3 is 24.1 Å².